The number of rotatable bonds is 5. The fourth-order valence-electron chi connectivity index (χ4n) is 2.80. The van der Waals surface area contributed by atoms with Gasteiger partial charge < -0.3 is 10.1 Å². The zero-order valence-electron chi connectivity index (χ0n) is 13.5. The summed E-state index contributed by atoms with van der Waals surface area (Å²) in [5.74, 6) is -0.0338. The molecule has 4 nitrogen and oxygen atoms in total. The maximum absolute atomic E-state index is 12.6. The van der Waals surface area contributed by atoms with Crippen molar-refractivity contribution in [1.82, 2.24) is 10.2 Å². The molecule has 0 saturated carbocycles. The molecule has 0 radical (unpaired) electrons. The normalized spacial score (nSPS) is 16.5. The van der Waals surface area contributed by atoms with Crippen molar-refractivity contribution in [3.05, 3.63) is 69.3 Å². The quantitative estimate of drug-likeness (QED) is 0.733. The number of ether oxygens (including phenoxy) is 1. The van der Waals surface area contributed by atoms with Crippen LogP contribution in [-0.4, -0.2) is 43.7 Å². The lowest BCUT2D eigenvalue weighted by atomic mass is 10.1. The van der Waals surface area contributed by atoms with Crippen LogP contribution in [0.2, 0.25) is 0 Å². The standard InChI is InChI=1S/C19H21IN2O2/c20-17-8-6-16(7-9-17)19(23)21-18(15-4-2-1-3-5-15)14-22-10-12-24-13-11-22/h1-9,18H,10-14H2,(H,21,23). The summed E-state index contributed by atoms with van der Waals surface area (Å²) in [6.07, 6.45) is 0. The van der Waals surface area contributed by atoms with Gasteiger partial charge in [-0.1, -0.05) is 30.3 Å². The molecule has 1 atom stereocenters. The Hall–Kier alpha value is -1.44. The molecule has 1 aliphatic heterocycles. The number of hydrogen-bond donors (Lipinski definition) is 1. The molecule has 3 rings (SSSR count). The van der Waals surface area contributed by atoms with Gasteiger partial charge in [0, 0.05) is 28.8 Å². The molecule has 2 aromatic rings. The molecule has 5 heteroatoms. The maximum atomic E-state index is 12.6. The van der Waals surface area contributed by atoms with Crippen LogP contribution in [0.15, 0.2) is 54.6 Å². The Morgan fingerprint density at radius 1 is 1.08 bits per heavy atom. The van der Waals surface area contributed by atoms with Gasteiger partial charge in [0.25, 0.3) is 5.91 Å². The molecule has 1 N–H and O–H groups in total. The monoisotopic (exact) mass is 436 g/mol. The highest BCUT2D eigenvalue weighted by molar-refractivity contribution is 14.1. The van der Waals surface area contributed by atoms with Gasteiger partial charge in [0.2, 0.25) is 0 Å². The summed E-state index contributed by atoms with van der Waals surface area (Å²) in [4.78, 5) is 15.0. The van der Waals surface area contributed by atoms with Crippen molar-refractivity contribution in [2.24, 2.45) is 0 Å². The number of carbonyl (C=O) groups is 1. The number of nitrogens with zero attached hydrogens (tertiary/aromatic N) is 1. The first-order valence-corrected chi connectivity index (χ1v) is 9.22. The molecule has 126 valence electrons. The van der Waals surface area contributed by atoms with Crippen molar-refractivity contribution in [2.75, 3.05) is 32.8 Å². The van der Waals surface area contributed by atoms with E-state index in [4.69, 9.17) is 4.74 Å². The molecule has 1 aliphatic rings. The number of morpholine rings is 1. The van der Waals surface area contributed by atoms with E-state index in [1.54, 1.807) is 0 Å². The van der Waals surface area contributed by atoms with Crippen molar-refractivity contribution in [2.45, 2.75) is 6.04 Å². The fraction of sp³-hybridized carbons (Fsp3) is 0.316. The summed E-state index contributed by atoms with van der Waals surface area (Å²) in [5.41, 5.74) is 1.82. The van der Waals surface area contributed by atoms with E-state index in [0.717, 1.165) is 42.0 Å². The summed E-state index contributed by atoms with van der Waals surface area (Å²) < 4.78 is 6.54. The lowest BCUT2D eigenvalue weighted by molar-refractivity contribution is 0.0332. The molecule has 1 saturated heterocycles. The van der Waals surface area contributed by atoms with Crippen LogP contribution in [0.25, 0.3) is 0 Å². The van der Waals surface area contributed by atoms with Gasteiger partial charge in [0.1, 0.15) is 0 Å². The second-order valence-corrected chi connectivity index (χ2v) is 7.10. The Morgan fingerprint density at radius 3 is 2.42 bits per heavy atom. The van der Waals surface area contributed by atoms with E-state index in [1.165, 1.54) is 0 Å². The highest BCUT2D eigenvalue weighted by atomic mass is 127. The summed E-state index contributed by atoms with van der Waals surface area (Å²) in [6, 6.07) is 17.8. The Bertz CT molecular complexity index is 655. The third-order valence-electron chi connectivity index (χ3n) is 4.16. The molecule has 2 aromatic carbocycles. The van der Waals surface area contributed by atoms with Gasteiger partial charge in [0.05, 0.1) is 19.3 Å². The molecule has 0 aromatic heterocycles. The van der Waals surface area contributed by atoms with Gasteiger partial charge in [-0.25, -0.2) is 0 Å². The minimum atomic E-state index is -0.0338. The van der Waals surface area contributed by atoms with Crippen LogP contribution in [0.5, 0.6) is 0 Å². The number of nitrogens with one attached hydrogen (secondary N) is 1. The lowest BCUT2D eigenvalue weighted by Crippen LogP contribution is -2.43. The number of carbonyl (C=O) groups excluding carboxylic acids is 1. The summed E-state index contributed by atoms with van der Waals surface area (Å²) in [7, 11) is 0. The summed E-state index contributed by atoms with van der Waals surface area (Å²) >= 11 is 2.24. The molecule has 1 heterocycles. The number of halogens is 1. The van der Waals surface area contributed by atoms with E-state index >= 15 is 0 Å². The highest BCUT2D eigenvalue weighted by Crippen LogP contribution is 2.16. The number of hydrogen-bond acceptors (Lipinski definition) is 3. The largest absolute Gasteiger partial charge is 0.379 e. The van der Waals surface area contributed by atoms with Crippen LogP contribution in [0.1, 0.15) is 22.0 Å². The van der Waals surface area contributed by atoms with Crippen molar-refractivity contribution in [3.63, 3.8) is 0 Å². The van der Waals surface area contributed by atoms with Crippen LogP contribution >= 0.6 is 22.6 Å². The second-order valence-electron chi connectivity index (χ2n) is 5.86. The van der Waals surface area contributed by atoms with Crippen LogP contribution in [0.4, 0.5) is 0 Å². The smallest absolute Gasteiger partial charge is 0.251 e. The van der Waals surface area contributed by atoms with Crippen LogP contribution in [-0.2, 0) is 4.74 Å². The second kappa shape index (κ2) is 8.60. The van der Waals surface area contributed by atoms with Gasteiger partial charge in [-0.05, 0) is 52.4 Å². The predicted molar refractivity (Wildman–Crippen MR) is 103 cm³/mol. The average molecular weight is 436 g/mol. The van der Waals surface area contributed by atoms with E-state index in [-0.39, 0.29) is 11.9 Å². The Morgan fingerprint density at radius 2 is 1.75 bits per heavy atom. The van der Waals surface area contributed by atoms with Crippen LogP contribution < -0.4 is 5.32 Å². The molecule has 1 fully saturated rings. The van der Waals surface area contributed by atoms with Crippen LogP contribution in [0.3, 0.4) is 0 Å². The Balaban J connectivity index is 1.73. The zero-order chi connectivity index (χ0) is 16.8. The molecule has 0 aliphatic carbocycles. The molecular formula is C19H21IN2O2. The average Bonchev–Trinajstić information content (AvgIpc) is 2.63. The lowest BCUT2D eigenvalue weighted by Gasteiger charge is -2.31. The fourth-order valence-corrected chi connectivity index (χ4v) is 3.16. The first-order valence-electron chi connectivity index (χ1n) is 8.14. The number of amides is 1. The van der Waals surface area contributed by atoms with E-state index < -0.39 is 0 Å². The molecule has 24 heavy (non-hydrogen) atoms. The van der Waals surface area contributed by atoms with E-state index in [0.29, 0.717) is 5.56 Å². The first kappa shape index (κ1) is 17.4. The predicted octanol–water partition coefficient (Wildman–Crippen LogP) is 3.09. The Kier molecular flexibility index (Phi) is 6.23. The van der Waals surface area contributed by atoms with E-state index in [1.807, 2.05) is 42.5 Å². The third-order valence-corrected chi connectivity index (χ3v) is 4.88. The van der Waals surface area contributed by atoms with E-state index in [9.17, 15) is 4.79 Å². The maximum Gasteiger partial charge on any atom is 0.251 e. The minimum absolute atomic E-state index is 0.0314. The summed E-state index contributed by atoms with van der Waals surface area (Å²) in [5, 5.41) is 3.19. The van der Waals surface area contributed by atoms with Gasteiger partial charge in [-0.15, -0.1) is 0 Å². The van der Waals surface area contributed by atoms with Crippen molar-refractivity contribution < 1.29 is 9.53 Å². The van der Waals surface area contributed by atoms with Gasteiger partial charge in [0.15, 0.2) is 0 Å². The first-order chi connectivity index (χ1) is 11.7. The van der Waals surface area contributed by atoms with Gasteiger partial charge in [-0.2, -0.15) is 0 Å². The summed E-state index contributed by atoms with van der Waals surface area (Å²) in [6.45, 7) is 4.12. The third kappa shape index (κ3) is 4.78. The van der Waals surface area contributed by atoms with Crippen molar-refractivity contribution >= 4 is 28.5 Å². The highest BCUT2D eigenvalue weighted by Gasteiger charge is 2.20. The molecule has 0 spiro atoms. The molecule has 1 amide bonds. The molecular weight excluding hydrogens is 415 g/mol. The topological polar surface area (TPSA) is 41.6 Å². The Labute approximate surface area is 156 Å². The SMILES string of the molecule is O=C(NC(CN1CCOCC1)c1ccccc1)c1ccc(I)cc1. The molecule has 0 bridgehead atoms. The van der Waals surface area contributed by atoms with Crippen molar-refractivity contribution in [3.8, 4) is 0 Å². The minimum Gasteiger partial charge on any atom is -0.379 e. The van der Waals surface area contributed by atoms with Gasteiger partial charge >= 0.3 is 0 Å². The van der Waals surface area contributed by atoms with Crippen molar-refractivity contribution in [1.29, 1.82) is 0 Å². The molecule has 1 unspecified atom stereocenters. The van der Waals surface area contributed by atoms with Gasteiger partial charge in [-0.3, -0.25) is 9.69 Å². The zero-order valence-corrected chi connectivity index (χ0v) is 15.6. The number of benzene rings is 2. The van der Waals surface area contributed by atoms with Crippen LogP contribution in [0, 0.1) is 3.57 Å². The van der Waals surface area contributed by atoms with E-state index in [2.05, 4.69) is 44.9 Å².